The highest BCUT2D eigenvalue weighted by Gasteiger charge is 2.24. The lowest BCUT2D eigenvalue weighted by atomic mass is 10.0. The first-order valence-electron chi connectivity index (χ1n) is 6.71. The first-order chi connectivity index (χ1) is 11.3. The number of amides is 1. The molecular weight excluding hydrogens is 324 g/mol. The second-order valence-corrected chi connectivity index (χ2v) is 4.83. The fourth-order valence-corrected chi connectivity index (χ4v) is 2.15. The first-order valence-corrected chi connectivity index (χ1v) is 6.71. The number of rotatable bonds is 3. The number of carbonyl (C=O) groups excluding carboxylic acids is 2. The summed E-state index contributed by atoms with van der Waals surface area (Å²) in [5.41, 5.74) is 1.00. The Bertz CT molecular complexity index is 893. The van der Waals surface area contributed by atoms with Gasteiger partial charge in [0, 0.05) is 12.5 Å². The average molecular weight is 337 g/mol. The Morgan fingerprint density at radius 3 is 2.46 bits per heavy atom. The van der Waals surface area contributed by atoms with Gasteiger partial charge < -0.3 is 4.74 Å². The third-order valence-corrected chi connectivity index (χ3v) is 3.13. The van der Waals surface area contributed by atoms with E-state index in [9.17, 15) is 23.2 Å². The zero-order valence-corrected chi connectivity index (χ0v) is 13.0. The number of carbonyl (C=O) groups is 2. The summed E-state index contributed by atoms with van der Waals surface area (Å²) < 4.78 is 32.1. The van der Waals surface area contributed by atoms with E-state index in [0.29, 0.717) is 4.68 Å². The molecule has 1 N–H and O–H groups in total. The van der Waals surface area contributed by atoms with Crippen LogP contribution in [0, 0.1) is 18.6 Å². The molecule has 1 aromatic carbocycles. The van der Waals surface area contributed by atoms with Crippen molar-refractivity contribution in [3.63, 3.8) is 0 Å². The minimum atomic E-state index is -1.18. The van der Waals surface area contributed by atoms with Crippen LogP contribution in [0.3, 0.4) is 0 Å². The largest absolute Gasteiger partial charge is 0.465 e. The average Bonchev–Trinajstić information content (AvgIpc) is 2.51. The molecule has 0 aliphatic carbocycles. The summed E-state index contributed by atoms with van der Waals surface area (Å²) in [6.45, 7) is 2.52. The highest BCUT2D eigenvalue weighted by atomic mass is 19.2. The topological polar surface area (TPSA) is 90.3 Å². The minimum Gasteiger partial charge on any atom is -0.465 e. The van der Waals surface area contributed by atoms with Crippen LogP contribution >= 0.6 is 0 Å². The molecule has 1 amide bonds. The highest BCUT2D eigenvalue weighted by molar-refractivity contribution is 5.97. The maximum atomic E-state index is 13.6. The van der Waals surface area contributed by atoms with Gasteiger partial charge in [0.15, 0.2) is 11.6 Å². The Kier molecular flexibility index (Phi) is 4.72. The van der Waals surface area contributed by atoms with Gasteiger partial charge in [0.2, 0.25) is 5.91 Å². The lowest BCUT2D eigenvalue weighted by molar-refractivity contribution is -0.115. The summed E-state index contributed by atoms with van der Waals surface area (Å²) >= 11 is 0. The number of aromatic nitrogens is 2. The molecule has 7 nitrogen and oxygen atoms in total. The third-order valence-electron chi connectivity index (χ3n) is 3.13. The van der Waals surface area contributed by atoms with Gasteiger partial charge in [-0.05, 0) is 25.1 Å². The fraction of sp³-hybridized carbons (Fsp3) is 0.200. The van der Waals surface area contributed by atoms with E-state index < -0.39 is 29.2 Å². The van der Waals surface area contributed by atoms with Crippen molar-refractivity contribution in [2.24, 2.45) is 0 Å². The van der Waals surface area contributed by atoms with Crippen LogP contribution in [0.1, 0.15) is 23.0 Å². The van der Waals surface area contributed by atoms with E-state index >= 15 is 0 Å². The molecule has 2 aromatic rings. The molecule has 0 radical (unpaired) electrons. The van der Waals surface area contributed by atoms with Gasteiger partial charge in [-0.3, -0.25) is 10.2 Å². The molecular formula is C15H13F2N3O4. The summed E-state index contributed by atoms with van der Waals surface area (Å²) in [7, 11) is 1.12. The molecule has 9 heteroatoms. The number of esters is 1. The van der Waals surface area contributed by atoms with Crippen molar-refractivity contribution >= 4 is 11.9 Å². The van der Waals surface area contributed by atoms with E-state index in [0.717, 1.165) is 32.2 Å². The summed E-state index contributed by atoms with van der Waals surface area (Å²) in [6.07, 6.45) is 0. The maximum absolute atomic E-state index is 13.6. The van der Waals surface area contributed by atoms with E-state index in [-0.39, 0.29) is 22.5 Å². The number of ether oxygens (including phenoxy) is 1. The third kappa shape index (κ3) is 3.14. The molecule has 0 aliphatic heterocycles. The first kappa shape index (κ1) is 17.3. The van der Waals surface area contributed by atoms with Crippen molar-refractivity contribution in [2.45, 2.75) is 13.8 Å². The standard InChI is InChI=1S/C15H13F2N3O4/c1-7-12(14(22)24-3)13(9-4-5-10(16)11(17)6-9)20(15(23)18-7)19-8(2)21/h4-6H,1-3H3,(H,19,21). The van der Waals surface area contributed by atoms with Gasteiger partial charge >= 0.3 is 11.7 Å². The molecule has 0 aliphatic rings. The second kappa shape index (κ2) is 6.57. The number of methoxy groups -OCH3 is 1. The van der Waals surface area contributed by atoms with Crippen LogP contribution in [0.2, 0.25) is 0 Å². The van der Waals surface area contributed by atoms with Crippen molar-refractivity contribution in [3.05, 3.63) is 51.6 Å². The lowest BCUT2D eigenvalue weighted by Crippen LogP contribution is -2.37. The summed E-state index contributed by atoms with van der Waals surface area (Å²) in [4.78, 5) is 39.2. The summed E-state index contributed by atoms with van der Waals surface area (Å²) in [5.74, 6) is -3.75. The van der Waals surface area contributed by atoms with Crippen LogP contribution in [-0.2, 0) is 9.53 Å². The van der Waals surface area contributed by atoms with Crippen molar-refractivity contribution in [3.8, 4) is 11.3 Å². The van der Waals surface area contributed by atoms with E-state index in [1.165, 1.54) is 6.92 Å². The molecule has 24 heavy (non-hydrogen) atoms. The van der Waals surface area contributed by atoms with Gasteiger partial charge in [-0.2, -0.15) is 9.66 Å². The number of hydrogen-bond donors (Lipinski definition) is 1. The number of benzene rings is 1. The SMILES string of the molecule is COC(=O)c1c(C)nc(=O)n(NC(C)=O)c1-c1ccc(F)c(F)c1. The molecule has 2 rings (SSSR count). The van der Waals surface area contributed by atoms with Crippen LogP contribution in [0.25, 0.3) is 11.3 Å². The quantitative estimate of drug-likeness (QED) is 0.855. The molecule has 0 fully saturated rings. The van der Waals surface area contributed by atoms with Crippen molar-refractivity contribution in [1.82, 2.24) is 9.66 Å². The molecule has 1 aromatic heterocycles. The molecule has 1 heterocycles. The summed E-state index contributed by atoms with van der Waals surface area (Å²) in [5, 5.41) is 0. The van der Waals surface area contributed by atoms with Crippen molar-refractivity contribution in [2.75, 3.05) is 12.5 Å². The zero-order valence-electron chi connectivity index (χ0n) is 13.0. The number of hydrogen-bond acceptors (Lipinski definition) is 5. The number of halogens is 2. The van der Waals surface area contributed by atoms with Crippen LogP contribution in [0.4, 0.5) is 8.78 Å². The normalized spacial score (nSPS) is 10.4. The van der Waals surface area contributed by atoms with Crippen LogP contribution in [0.5, 0.6) is 0 Å². The Morgan fingerprint density at radius 1 is 1.25 bits per heavy atom. The van der Waals surface area contributed by atoms with Gasteiger partial charge in [0.25, 0.3) is 0 Å². The molecule has 0 spiro atoms. The van der Waals surface area contributed by atoms with Gasteiger partial charge in [-0.1, -0.05) is 0 Å². The zero-order chi connectivity index (χ0) is 18.0. The minimum absolute atomic E-state index is 0.00866. The lowest BCUT2D eigenvalue weighted by Gasteiger charge is -2.17. The second-order valence-electron chi connectivity index (χ2n) is 4.83. The Morgan fingerprint density at radius 2 is 1.92 bits per heavy atom. The van der Waals surface area contributed by atoms with Gasteiger partial charge in [0.1, 0.15) is 5.56 Å². The van der Waals surface area contributed by atoms with Crippen molar-refractivity contribution < 1.29 is 23.1 Å². The van der Waals surface area contributed by atoms with Gasteiger partial charge in [-0.15, -0.1) is 0 Å². The number of nitrogens with one attached hydrogen (secondary N) is 1. The van der Waals surface area contributed by atoms with E-state index in [4.69, 9.17) is 0 Å². The van der Waals surface area contributed by atoms with Crippen LogP contribution in [0.15, 0.2) is 23.0 Å². The number of aryl methyl sites for hydroxylation is 1. The van der Waals surface area contributed by atoms with E-state index in [2.05, 4.69) is 15.1 Å². The number of nitrogens with zero attached hydrogens (tertiary/aromatic N) is 2. The van der Waals surface area contributed by atoms with Crippen LogP contribution in [-0.4, -0.2) is 28.6 Å². The molecule has 0 saturated carbocycles. The van der Waals surface area contributed by atoms with E-state index in [1.54, 1.807) is 0 Å². The van der Waals surface area contributed by atoms with Crippen molar-refractivity contribution in [1.29, 1.82) is 0 Å². The predicted molar refractivity (Wildman–Crippen MR) is 80.0 cm³/mol. The maximum Gasteiger partial charge on any atom is 0.367 e. The predicted octanol–water partition coefficient (Wildman–Crippen LogP) is 1.37. The smallest absolute Gasteiger partial charge is 0.367 e. The molecule has 0 atom stereocenters. The molecule has 0 bridgehead atoms. The van der Waals surface area contributed by atoms with E-state index in [1.807, 2.05) is 0 Å². The Hall–Kier alpha value is -3.10. The molecule has 126 valence electrons. The molecule has 0 saturated heterocycles. The van der Waals surface area contributed by atoms with Gasteiger partial charge in [0.05, 0.1) is 18.5 Å². The highest BCUT2D eigenvalue weighted by Crippen LogP contribution is 2.26. The Labute approximate surface area is 134 Å². The fourth-order valence-electron chi connectivity index (χ4n) is 2.15. The van der Waals surface area contributed by atoms with Gasteiger partial charge in [-0.25, -0.2) is 18.4 Å². The molecule has 0 unspecified atom stereocenters. The van der Waals surface area contributed by atoms with Crippen LogP contribution < -0.4 is 11.1 Å². The monoisotopic (exact) mass is 337 g/mol. The summed E-state index contributed by atoms with van der Waals surface area (Å²) in [6, 6.07) is 2.80. The Balaban J connectivity index is 2.91.